The van der Waals surface area contributed by atoms with Crippen molar-refractivity contribution in [3.8, 4) is 0 Å². The van der Waals surface area contributed by atoms with Crippen LogP contribution in [0.25, 0.3) is 0 Å². The van der Waals surface area contributed by atoms with Crippen molar-refractivity contribution >= 4 is 29.3 Å². The molecule has 0 aliphatic carbocycles. The lowest BCUT2D eigenvalue weighted by Gasteiger charge is -2.15. The predicted octanol–water partition coefficient (Wildman–Crippen LogP) is 2.58. The SMILES string of the molecule is CCc1c(C)nc2n(c1=O)C(CC(=O)Nc1ccc(C(=O)OC)cc1)CS2. The third kappa shape index (κ3) is 3.90. The van der Waals surface area contributed by atoms with Gasteiger partial charge in [0.1, 0.15) is 0 Å². The molecule has 0 saturated heterocycles. The predicted molar refractivity (Wildman–Crippen MR) is 103 cm³/mol. The van der Waals surface area contributed by atoms with E-state index >= 15 is 0 Å². The van der Waals surface area contributed by atoms with Gasteiger partial charge in [-0.25, -0.2) is 9.78 Å². The lowest BCUT2D eigenvalue weighted by atomic mass is 10.1. The molecule has 1 N–H and O–H groups in total. The van der Waals surface area contributed by atoms with E-state index in [9.17, 15) is 14.4 Å². The van der Waals surface area contributed by atoms with Crippen molar-refractivity contribution in [2.45, 2.75) is 37.9 Å². The van der Waals surface area contributed by atoms with Crippen molar-refractivity contribution in [3.63, 3.8) is 0 Å². The summed E-state index contributed by atoms with van der Waals surface area (Å²) in [6, 6.07) is 6.26. The van der Waals surface area contributed by atoms with Gasteiger partial charge >= 0.3 is 5.97 Å². The molecule has 1 aromatic carbocycles. The van der Waals surface area contributed by atoms with Crippen molar-refractivity contribution in [2.24, 2.45) is 0 Å². The summed E-state index contributed by atoms with van der Waals surface area (Å²) in [7, 11) is 1.32. The van der Waals surface area contributed by atoms with Crippen LogP contribution in [-0.2, 0) is 16.0 Å². The second-order valence-corrected chi connectivity index (χ2v) is 7.26. The highest BCUT2D eigenvalue weighted by atomic mass is 32.2. The number of benzene rings is 1. The molecule has 0 saturated carbocycles. The number of anilines is 1. The standard InChI is InChI=1S/C19H21N3O4S/c1-4-15-11(2)20-19-22(17(15)24)14(10-27-19)9-16(23)21-13-7-5-12(6-8-13)18(25)26-3/h5-8,14H,4,9-10H2,1-3H3,(H,21,23). The lowest BCUT2D eigenvalue weighted by molar-refractivity contribution is -0.116. The van der Waals surface area contributed by atoms with Crippen LogP contribution in [-0.4, -0.2) is 34.3 Å². The number of carbonyl (C=O) groups is 2. The Hall–Kier alpha value is -2.61. The van der Waals surface area contributed by atoms with E-state index in [1.54, 1.807) is 28.8 Å². The van der Waals surface area contributed by atoms with E-state index in [4.69, 9.17) is 0 Å². The van der Waals surface area contributed by atoms with Gasteiger partial charge in [-0.05, 0) is 37.6 Å². The van der Waals surface area contributed by atoms with E-state index in [0.717, 1.165) is 5.69 Å². The molecule has 3 rings (SSSR count). The van der Waals surface area contributed by atoms with Gasteiger partial charge in [-0.2, -0.15) is 0 Å². The number of ether oxygens (including phenoxy) is 1. The fraction of sp³-hybridized carbons (Fsp3) is 0.368. The maximum atomic E-state index is 12.7. The fourth-order valence-electron chi connectivity index (χ4n) is 3.11. The molecule has 0 spiro atoms. The zero-order chi connectivity index (χ0) is 19.6. The number of carbonyl (C=O) groups excluding carboxylic acids is 2. The number of fused-ring (bicyclic) bond motifs is 1. The molecule has 2 heterocycles. The summed E-state index contributed by atoms with van der Waals surface area (Å²) in [5.74, 6) is 0.0231. The van der Waals surface area contributed by atoms with Crippen molar-refractivity contribution in [3.05, 3.63) is 51.4 Å². The Morgan fingerprint density at radius 1 is 1.33 bits per heavy atom. The minimum atomic E-state index is -0.429. The van der Waals surface area contributed by atoms with Gasteiger partial charge in [-0.15, -0.1) is 0 Å². The first kappa shape index (κ1) is 19.2. The maximum Gasteiger partial charge on any atom is 0.337 e. The van der Waals surface area contributed by atoms with E-state index in [2.05, 4.69) is 15.0 Å². The van der Waals surface area contributed by atoms with Crippen LogP contribution < -0.4 is 10.9 Å². The number of methoxy groups -OCH3 is 1. The molecular weight excluding hydrogens is 366 g/mol. The molecule has 1 amide bonds. The molecule has 8 heteroatoms. The van der Waals surface area contributed by atoms with E-state index in [-0.39, 0.29) is 23.9 Å². The number of hydrogen-bond acceptors (Lipinski definition) is 6. The Morgan fingerprint density at radius 2 is 2.04 bits per heavy atom. The summed E-state index contributed by atoms with van der Waals surface area (Å²) >= 11 is 1.50. The van der Waals surface area contributed by atoms with E-state index in [1.807, 2.05) is 13.8 Å². The monoisotopic (exact) mass is 387 g/mol. The number of rotatable bonds is 5. The Kier molecular flexibility index (Phi) is 5.65. The van der Waals surface area contributed by atoms with Gasteiger partial charge in [-0.1, -0.05) is 18.7 Å². The number of amides is 1. The molecule has 0 bridgehead atoms. The third-order valence-electron chi connectivity index (χ3n) is 4.52. The molecule has 2 aromatic rings. The van der Waals surface area contributed by atoms with Crippen LogP contribution in [0.15, 0.2) is 34.2 Å². The Balaban J connectivity index is 1.72. The van der Waals surface area contributed by atoms with Crippen LogP contribution in [0.5, 0.6) is 0 Å². The summed E-state index contributed by atoms with van der Waals surface area (Å²) in [6.07, 6.45) is 0.806. The van der Waals surface area contributed by atoms with Gasteiger partial charge in [0.15, 0.2) is 5.16 Å². The number of thioether (sulfide) groups is 1. The molecule has 1 aliphatic rings. The molecule has 1 aliphatic heterocycles. The normalized spacial score (nSPS) is 15.3. The van der Waals surface area contributed by atoms with Crippen molar-refractivity contribution < 1.29 is 14.3 Å². The average Bonchev–Trinajstić information content (AvgIpc) is 3.04. The molecule has 27 heavy (non-hydrogen) atoms. The Morgan fingerprint density at radius 3 is 2.67 bits per heavy atom. The molecule has 7 nitrogen and oxygen atoms in total. The quantitative estimate of drug-likeness (QED) is 0.626. The number of nitrogens with one attached hydrogen (secondary N) is 1. The van der Waals surface area contributed by atoms with Crippen LogP contribution in [0.3, 0.4) is 0 Å². The largest absolute Gasteiger partial charge is 0.465 e. The van der Waals surface area contributed by atoms with Crippen LogP contribution in [0, 0.1) is 6.92 Å². The second kappa shape index (κ2) is 7.96. The summed E-state index contributed by atoms with van der Waals surface area (Å²) in [4.78, 5) is 41.1. The summed E-state index contributed by atoms with van der Waals surface area (Å²) in [5.41, 5.74) is 2.41. The Bertz CT molecular complexity index is 937. The highest BCUT2D eigenvalue weighted by Crippen LogP contribution is 2.32. The van der Waals surface area contributed by atoms with Crippen molar-refractivity contribution in [2.75, 3.05) is 18.2 Å². The van der Waals surface area contributed by atoms with Crippen LogP contribution >= 0.6 is 11.8 Å². The molecule has 142 valence electrons. The highest BCUT2D eigenvalue weighted by Gasteiger charge is 2.29. The zero-order valence-corrected chi connectivity index (χ0v) is 16.3. The molecule has 0 radical (unpaired) electrons. The first-order valence-corrected chi connectivity index (χ1v) is 9.66. The first-order chi connectivity index (χ1) is 12.9. The number of esters is 1. The van der Waals surface area contributed by atoms with E-state index < -0.39 is 5.97 Å². The number of aryl methyl sites for hydroxylation is 1. The third-order valence-corrected chi connectivity index (χ3v) is 5.62. The summed E-state index contributed by atoms with van der Waals surface area (Å²) in [6.45, 7) is 3.78. The van der Waals surface area contributed by atoms with Crippen molar-refractivity contribution in [1.82, 2.24) is 9.55 Å². The zero-order valence-electron chi connectivity index (χ0n) is 15.4. The Labute approximate surface area is 161 Å². The minimum absolute atomic E-state index is 0.0507. The van der Waals surface area contributed by atoms with Crippen molar-refractivity contribution in [1.29, 1.82) is 0 Å². The molecule has 0 fully saturated rings. The summed E-state index contributed by atoms with van der Waals surface area (Å²) < 4.78 is 6.30. The van der Waals surface area contributed by atoms with E-state index in [1.165, 1.54) is 18.9 Å². The molecule has 1 atom stereocenters. The van der Waals surface area contributed by atoms with Gasteiger partial charge in [0, 0.05) is 29.1 Å². The molecular formula is C19H21N3O4S. The van der Waals surface area contributed by atoms with Gasteiger partial charge in [0.2, 0.25) is 5.91 Å². The minimum Gasteiger partial charge on any atom is -0.465 e. The maximum absolute atomic E-state index is 12.7. The van der Waals surface area contributed by atoms with Gasteiger partial charge in [0.05, 0.1) is 18.7 Å². The number of hydrogen-bond donors (Lipinski definition) is 1. The average molecular weight is 387 g/mol. The number of nitrogens with zero attached hydrogens (tertiary/aromatic N) is 2. The topological polar surface area (TPSA) is 90.3 Å². The highest BCUT2D eigenvalue weighted by molar-refractivity contribution is 7.99. The van der Waals surface area contributed by atoms with Crippen LogP contribution in [0.2, 0.25) is 0 Å². The summed E-state index contributed by atoms with van der Waals surface area (Å²) in [5, 5.41) is 3.48. The van der Waals surface area contributed by atoms with Gasteiger partial charge in [-0.3, -0.25) is 14.2 Å². The van der Waals surface area contributed by atoms with Gasteiger partial charge < -0.3 is 10.1 Å². The first-order valence-electron chi connectivity index (χ1n) is 8.67. The molecule has 1 aromatic heterocycles. The van der Waals surface area contributed by atoms with Crippen LogP contribution in [0.1, 0.15) is 41.0 Å². The van der Waals surface area contributed by atoms with E-state index in [0.29, 0.717) is 34.1 Å². The van der Waals surface area contributed by atoms with Gasteiger partial charge in [0.25, 0.3) is 5.56 Å². The molecule has 1 unspecified atom stereocenters. The van der Waals surface area contributed by atoms with Crippen LogP contribution in [0.4, 0.5) is 5.69 Å². The lowest BCUT2D eigenvalue weighted by Crippen LogP contribution is -2.30. The second-order valence-electron chi connectivity index (χ2n) is 6.27. The number of aromatic nitrogens is 2. The smallest absolute Gasteiger partial charge is 0.337 e. The fourth-order valence-corrected chi connectivity index (χ4v) is 4.29.